The Bertz CT molecular complexity index is 454. The summed E-state index contributed by atoms with van der Waals surface area (Å²) in [6.45, 7) is 11.2. The Kier molecular flexibility index (Phi) is 17.1. The Balaban J connectivity index is 2.72. The van der Waals surface area contributed by atoms with E-state index in [1.807, 2.05) is 0 Å². The molecule has 0 aliphatic carbocycles. The summed E-state index contributed by atoms with van der Waals surface area (Å²) in [6.07, 6.45) is 19.0. The van der Waals surface area contributed by atoms with Crippen LogP contribution in [0.5, 0.6) is 0 Å². The molecule has 0 spiro atoms. The van der Waals surface area contributed by atoms with Gasteiger partial charge in [0.05, 0.1) is 0 Å². The summed E-state index contributed by atoms with van der Waals surface area (Å²) in [5, 5.41) is 7.60. The Hall–Kier alpha value is -0.860. The molecule has 174 valence electrons. The summed E-state index contributed by atoms with van der Waals surface area (Å²) in [5.41, 5.74) is 3.06. The van der Waals surface area contributed by atoms with E-state index in [0.717, 1.165) is 13.1 Å². The van der Waals surface area contributed by atoms with Crippen molar-refractivity contribution in [1.82, 2.24) is 10.6 Å². The maximum absolute atomic E-state index is 3.80. The quantitative estimate of drug-likeness (QED) is 0.208. The van der Waals surface area contributed by atoms with Crippen LogP contribution in [0.2, 0.25) is 0 Å². The van der Waals surface area contributed by atoms with Gasteiger partial charge in [0.25, 0.3) is 0 Å². The zero-order chi connectivity index (χ0) is 21.9. The number of hydrogen-bond acceptors (Lipinski definition) is 2. The second-order valence-corrected chi connectivity index (χ2v) is 8.96. The van der Waals surface area contributed by atoms with Gasteiger partial charge in [-0.05, 0) is 37.1 Å². The molecule has 2 unspecified atom stereocenters. The van der Waals surface area contributed by atoms with Gasteiger partial charge in [0.2, 0.25) is 0 Å². The molecule has 0 fully saturated rings. The van der Waals surface area contributed by atoms with E-state index in [1.54, 1.807) is 0 Å². The number of unbranched alkanes of at least 4 members (excludes halogenated alkanes) is 10. The second kappa shape index (κ2) is 18.9. The van der Waals surface area contributed by atoms with Crippen molar-refractivity contribution in [2.24, 2.45) is 0 Å². The first kappa shape index (κ1) is 27.2. The first-order valence-corrected chi connectivity index (χ1v) is 13.3. The molecule has 0 aliphatic heterocycles. The number of rotatable bonds is 20. The third-order valence-corrected chi connectivity index (χ3v) is 6.34. The molecule has 2 nitrogen and oxygen atoms in total. The van der Waals surface area contributed by atoms with Crippen LogP contribution >= 0.6 is 0 Å². The molecular formula is C28H52N2. The van der Waals surface area contributed by atoms with Crippen molar-refractivity contribution in [1.29, 1.82) is 0 Å². The molecule has 0 heterocycles. The van der Waals surface area contributed by atoms with Crippen molar-refractivity contribution in [2.75, 3.05) is 13.1 Å². The monoisotopic (exact) mass is 416 g/mol. The Labute approximate surface area is 189 Å². The van der Waals surface area contributed by atoms with Gasteiger partial charge in [0.15, 0.2) is 0 Å². The van der Waals surface area contributed by atoms with Crippen LogP contribution in [0.4, 0.5) is 0 Å². The maximum atomic E-state index is 3.80. The van der Waals surface area contributed by atoms with E-state index >= 15 is 0 Å². The number of nitrogens with one attached hydrogen (secondary N) is 2. The van der Waals surface area contributed by atoms with Gasteiger partial charge >= 0.3 is 0 Å². The van der Waals surface area contributed by atoms with Gasteiger partial charge in [-0.15, -0.1) is 0 Å². The van der Waals surface area contributed by atoms with Gasteiger partial charge in [-0.2, -0.15) is 0 Å². The highest BCUT2D eigenvalue weighted by molar-refractivity contribution is 5.33. The summed E-state index contributed by atoms with van der Waals surface area (Å²) in [5.74, 6) is 0. The molecule has 0 radical (unpaired) electrons. The van der Waals surface area contributed by atoms with E-state index in [4.69, 9.17) is 0 Å². The van der Waals surface area contributed by atoms with Crippen LogP contribution in [0.25, 0.3) is 0 Å². The molecular weight excluding hydrogens is 364 g/mol. The van der Waals surface area contributed by atoms with E-state index in [-0.39, 0.29) is 0 Å². The van der Waals surface area contributed by atoms with Crippen LogP contribution < -0.4 is 10.6 Å². The fourth-order valence-corrected chi connectivity index (χ4v) is 4.63. The molecule has 1 aromatic rings. The van der Waals surface area contributed by atoms with Crippen molar-refractivity contribution < 1.29 is 0 Å². The third-order valence-electron chi connectivity index (χ3n) is 6.34. The lowest BCUT2D eigenvalue weighted by Crippen LogP contribution is -2.26. The van der Waals surface area contributed by atoms with Gasteiger partial charge in [0, 0.05) is 12.1 Å². The molecule has 0 saturated heterocycles. The zero-order valence-electron chi connectivity index (χ0n) is 20.8. The molecule has 0 aromatic heterocycles. The third kappa shape index (κ3) is 11.5. The molecule has 1 aromatic carbocycles. The van der Waals surface area contributed by atoms with Crippen LogP contribution in [0.3, 0.4) is 0 Å². The summed E-state index contributed by atoms with van der Waals surface area (Å²) < 4.78 is 0. The molecule has 0 saturated carbocycles. The number of benzene rings is 1. The normalized spacial score (nSPS) is 13.5. The standard InChI is InChI=1S/C28H52N2/c1-5-9-11-13-15-17-23-27(29-7-3)25-21-19-20-22-26(25)28(30-8-4)24-18-16-14-12-10-6-2/h19-22,27-30H,5-18,23-24H2,1-4H3. The highest BCUT2D eigenvalue weighted by Gasteiger charge is 2.19. The van der Waals surface area contributed by atoms with Crippen molar-refractivity contribution in [2.45, 2.75) is 130 Å². The molecule has 0 amide bonds. The summed E-state index contributed by atoms with van der Waals surface area (Å²) in [6, 6.07) is 10.2. The van der Waals surface area contributed by atoms with Gasteiger partial charge in [-0.25, -0.2) is 0 Å². The molecule has 2 heteroatoms. The lowest BCUT2D eigenvalue weighted by atomic mass is 9.89. The fourth-order valence-electron chi connectivity index (χ4n) is 4.63. The molecule has 1 rings (SSSR count). The minimum atomic E-state index is 0.489. The Morgan fingerprint density at radius 1 is 0.533 bits per heavy atom. The first-order valence-electron chi connectivity index (χ1n) is 13.3. The Morgan fingerprint density at radius 3 is 1.27 bits per heavy atom. The van der Waals surface area contributed by atoms with Gasteiger partial charge in [-0.3, -0.25) is 0 Å². The summed E-state index contributed by atoms with van der Waals surface area (Å²) in [7, 11) is 0. The highest BCUT2D eigenvalue weighted by Crippen LogP contribution is 2.30. The minimum absolute atomic E-state index is 0.489. The zero-order valence-corrected chi connectivity index (χ0v) is 20.8. The smallest absolute Gasteiger partial charge is 0.0323 e. The molecule has 0 aliphatic rings. The van der Waals surface area contributed by atoms with Crippen molar-refractivity contribution in [3.05, 3.63) is 35.4 Å². The van der Waals surface area contributed by atoms with Crippen molar-refractivity contribution >= 4 is 0 Å². The van der Waals surface area contributed by atoms with Crippen LogP contribution in [-0.4, -0.2) is 13.1 Å². The predicted octanol–water partition coefficient (Wildman–Crippen LogP) is 8.49. The van der Waals surface area contributed by atoms with E-state index in [9.17, 15) is 0 Å². The first-order chi connectivity index (χ1) is 14.8. The van der Waals surface area contributed by atoms with E-state index in [0.29, 0.717) is 12.1 Å². The number of hydrogen-bond donors (Lipinski definition) is 2. The van der Waals surface area contributed by atoms with Crippen LogP contribution in [-0.2, 0) is 0 Å². The average Bonchev–Trinajstić information content (AvgIpc) is 2.77. The fraction of sp³-hybridized carbons (Fsp3) is 0.786. The lowest BCUT2D eigenvalue weighted by molar-refractivity contribution is 0.448. The summed E-state index contributed by atoms with van der Waals surface area (Å²) >= 11 is 0. The molecule has 30 heavy (non-hydrogen) atoms. The van der Waals surface area contributed by atoms with Crippen LogP contribution in [0.1, 0.15) is 141 Å². The van der Waals surface area contributed by atoms with Crippen LogP contribution in [0.15, 0.2) is 24.3 Å². The highest BCUT2D eigenvalue weighted by atomic mass is 14.9. The van der Waals surface area contributed by atoms with E-state index in [2.05, 4.69) is 62.6 Å². The minimum Gasteiger partial charge on any atom is -0.310 e. The van der Waals surface area contributed by atoms with Gasteiger partial charge in [0.1, 0.15) is 0 Å². The van der Waals surface area contributed by atoms with Crippen molar-refractivity contribution in [3.8, 4) is 0 Å². The van der Waals surface area contributed by atoms with Crippen LogP contribution in [0, 0.1) is 0 Å². The largest absolute Gasteiger partial charge is 0.310 e. The lowest BCUT2D eigenvalue weighted by Gasteiger charge is -2.27. The Morgan fingerprint density at radius 2 is 0.900 bits per heavy atom. The maximum Gasteiger partial charge on any atom is 0.0323 e. The van der Waals surface area contributed by atoms with Gasteiger partial charge in [-0.1, -0.05) is 129 Å². The van der Waals surface area contributed by atoms with Gasteiger partial charge < -0.3 is 10.6 Å². The summed E-state index contributed by atoms with van der Waals surface area (Å²) in [4.78, 5) is 0. The molecule has 0 bridgehead atoms. The van der Waals surface area contributed by atoms with E-state index < -0.39 is 0 Å². The second-order valence-electron chi connectivity index (χ2n) is 8.96. The molecule has 2 atom stereocenters. The SMILES string of the molecule is CCCCCCCCC(NCC)c1ccccc1C(CCCCCCCC)NCC. The predicted molar refractivity (Wildman–Crippen MR) is 135 cm³/mol. The van der Waals surface area contributed by atoms with E-state index in [1.165, 1.54) is 101 Å². The van der Waals surface area contributed by atoms with Crippen molar-refractivity contribution in [3.63, 3.8) is 0 Å². The average molecular weight is 417 g/mol. The molecule has 2 N–H and O–H groups in total. The topological polar surface area (TPSA) is 24.1 Å².